The predicted molar refractivity (Wildman–Crippen MR) is 78.5 cm³/mol. The van der Waals surface area contributed by atoms with Crippen LogP contribution in [-0.2, 0) is 15.7 Å². The third kappa shape index (κ3) is 2.60. The highest BCUT2D eigenvalue weighted by atomic mass is 32.2. The quantitative estimate of drug-likeness (QED) is 0.652. The summed E-state index contributed by atoms with van der Waals surface area (Å²) in [5, 5.41) is 11.7. The van der Waals surface area contributed by atoms with Crippen molar-refractivity contribution in [3.8, 4) is 5.75 Å². The van der Waals surface area contributed by atoms with E-state index in [2.05, 4.69) is 0 Å². The Labute approximate surface area is 118 Å². The van der Waals surface area contributed by atoms with Crippen LogP contribution in [0.25, 0.3) is 10.8 Å². The van der Waals surface area contributed by atoms with E-state index in [4.69, 9.17) is 0 Å². The molecular weight excluding hydrogens is 278 g/mol. The number of carbonyl (C=O) groups is 1. The van der Waals surface area contributed by atoms with Crippen molar-refractivity contribution in [1.82, 2.24) is 0 Å². The Kier molecular flexibility index (Phi) is 4.24. The maximum Gasteiger partial charge on any atom is 0.225 e. The Morgan fingerprint density at radius 3 is 2.60 bits per heavy atom. The number of hydrogen-bond acceptors (Lipinski definition) is 4. The molecule has 0 heterocycles. The smallest absolute Gasteiger partial charge is 0.225 e. The van der Waals surface area contributed by atoms with Crippen molar-refractivity contribution in [3.63, 3.8) is 0 Å². The van der Waals surface area contributed by atoms with Crippen molar-refractivity contribution < 1.29 is 18.3 Å². The summed E-state index contributed by atoms with van der Waals surface area (Å²) in [6.07, 6.45) is 0.726. The lowest BCUT2D eigenvalue weighted by atomic mass is 10.1. The second-order valence-corrected chi connectivity index (χ2v) is 5.39. The third-order valence-electron chi connectivity index (χ3n) is 3.16. The lowest BCUT2D eigenvalue weighted by Gasteiger charge is -2.24. The molecule has 2 aromatic carbocycles. The molecule has 106 valence electrons. The Hall–Kier alpha value is -2.08. The predicted octanol–water partition coefficient (Wildman–Crippen LogP) is 1.86. The number of aldehydes is 1. The molecule has 0 aliphatic carbocycles. The fourth-order valence-corrected chi connectivity index (χ4v) is 2.91. The molecule has 20 heavy (non-hydrogen) atoms. The number of aromatic hydroxyl groups is 1. The van der Waals surface area contributed by atoms with E-state index in [0.717, 1.165) is 9.69 Å². The van der Waals surface area contributed by atoms with Crippen molar-refractivity contribution in [2.75, 3.05) is 4.31 Å². The average molecular weight is 293 g/mol. The van der Waals surface area contributed by atoms with E-state index in [1.807, 2.05) is 12.1 Å². The monoisotopic (exact) mass is 293 g/mol. The molecule has 0 saturated heterocycles. The van der Waals surface area contributed by atoms with Gasteiger partial charge in [0.15, 0.2) is 0 Å². The van der Waals surface area contributed by atoms with Gasteiger partial charge in [0.25, 0.3) is 0 Å². The molecule has 0 saturated carbocycles. The largest absolute Gasteiger partial charge is 0.505 e. The second-order valence-electron chi connectivity index (χ2n) is 4.49. The minimum Gasteiger partial charge on any atom is -0.505 e. The first-order chi connectivity index (χ1) is 9.56. The Morgan fingerprint density at radius 2 is 1.95 bits per heavy atom. The van der Waals surface area contributed by atoms with Crippen LogP contribution in [0.5, 0.6) is 5.75 Å². The van der Waals surface area contributed by atoms with Gasteiger partial charge in [-0.25, -0.2) is 8.42 Å². The summed E-state index contributed by atoms with van der Waals surface area (Å²) in [4.78, 5) is 10.6. The van der Waals surface area contributed by atoms with Gasteiger partial charge in [-0.3, -0.25) is 4.31 Å². The molecule has 0 spiro atoms. The van der Waals surface area contributed by atoms with Crippen molar-refractivity contribution in [2.24, 2.45) is 0 Å². The van der Waals surface area contributed by atoms with Gasteiger partial charge in [0.1, 0.15) is 12.0 Å². The highest BCUT2D eigenvalue weighted by Gasteiger charge is 2.20. The molecule has 0 radical (unpaired) electrons. The SMILES string of the molecule is CC(CC=O)N(c1ccc2ccccc2c1O)[SH](=O)=O. The van der Waals surface area contributed by atoms with Crippen LogP contribution < -0.4 is 4.31 Å². The van der Waals surface area contributed by atoms with Crippen molar-refractivity contribution >= 4 is 33.6 Å². The summed E-state index contributed by atoms with van der Waals surface area (Å²) in [6.45, 7) is 1.62. The van der Waals surface area contributed by atoms with Crippen molar-refractivity contribution in [1.29, 1.82) is 0 Å². The lowest BCUT2D eigenvalue weighted by molar-refractivity contribution is -0.108. The number of fused-ring (bicyclic) bond motifs is 1. The number of nitrogens with zero attached hydrogens (tertiary/aromatic N) is 1. The molecule has 0 fully saturated rings. The number of phenols is 1. The molecule has 0 bridgehead atoms. The minimum atomic E-state index is -2.95. The maximum atomic E-state index is 11.4. The van der Waals surface area contributed by atoms with E-state index in [-0.39, 0.29) is 17.9 Å². The van der Waals surface area contributed by atoms with Crippen LogP contribution in [0.2, 0.25) is 0 Å². The molecule has 0 amide bonds. The van der Waals surface area contributed by atoms with E-state index in [1.54, 1.807) is 31.2 Å². The zero-order chi connectivity index (χ0) is 14.7. The van der Waals surface area contributed by atoms with Crippen LogP contribution in [-0.4, -0.2) is 25.9 Å². The summed E-state index contributed by atoms with van der Waals surface area (Å²) < 4.78 is 23.9. The van der Waals surface area contributed by atoms with Crippen molar-refractivity contribution in [2.45, 2.75) is 19.4 Å². The van der Waals surface area contributed by atoms with Crippen LogP contribution in [0.3, 0.4) is 0 Å². The normalized spacial score (nSPS) is 12.5. The first kappa shape index (κ1) is 14.3. The molecule has 1 N–H and O–H groups in total. The van der Waals surface area contributed by atoms with Gasteiger partial charge in [-0.1, -0.05) is 30.3 Å². The van der Waals surface area contributed by atoms with Gasteiger partial charge in [0.05, 0.1) is 5.69 Å². The van der Waals surface area contributed by atoms with Gasteiger partial charge < -0.3 is 9.90 Å². The zero-order valence-corrected chi connectivity index (χ0v) is 11.8. The summed E-state index contributed by atoms with van der Waals surface area (Å²) in [6, 6.07) is 9.89. The molecule has 1 unspecified atom stereocenters. The summed E-state index contributed by atoms with van der Waals surface area (Å²) in [5.74, 6) is -0.0972. The van der Waals surface area contributed by atoms with Gasteiger partial charge in [-0.05, 0) is 18.4 Å². The summed E-state index contributed by atoms with van der Waals surface area (Å²) in [7, 11) is -2.95. The van der Waals surface area contributed by atoms with Gasteiger partial charge >= 0.3 is 0 Å². The number of rotatable bonds is 5. The number of thiol groups is 1. The van der Waals surface area contributed by atoms with Crippen molar-refractivity contribution in [3.05, 3.63) is 36.4 Å². The highest BCUT2D eigenvalue weighted by molar-refractivity contribution is 7.74. The van der Waals surface area contributed by atoms with Gasteiger partial charge in [-0.15, -0.1) is 0 Å². The van der Waals surface area contributed by atoms with Gasteiger partial charge in [0.2, 0.25) is 10.9 Å². The molecule has 1 atom stereocenters. The average Bonchev–Trinajstić information content (AvgIpc) is 2.42. The van der Waals surface area contributed by atoms with Gasteiger partial charge in [-0.2, -0.15) is 0 Å². The Bertz CT molecular complexity index is 703. The molecule has 0 aromatic heterocycles. The number of phenolic OH excluding ortho intramolecular Hbond substituents is 1. The first-order valence-electron chi connectivity index (χ1n) is 6.14. The van der Waals surface area contributed by atoms with Crippen LogP contribution in [0.1, 0.15) is 13.3 Å². The highest BCUT2D eigenvalue weighted by Crippen LogP contribution is 2.36. The number of carbonyl (C=O) groups excluding carboxylic acids is 1. The third-order valence-corrected chi connectivity index (χ3v) is 4.12. The van der Waals surface area contributed by atoms with E-state index >= 15 is 0 Å². The molecule has 5 nitrogen and oxygen atoms in total. The number of benzene rings is 2. The van der Waals surface area contributed by atoms with Crippen LogP contribution in [0, 0.1) is 0 Å². The standard InChI is InChI=1S/C14H15NO4S/c1-10(8-9-16)15(20(18)19)13-7-6-11-4-2-3-5-12(11)14(13)17/h2-7,9-10,17,20H,8H2,1H3. The van der Waals surface area contributed by atoms with Crippen LogP contribution in [0.15, 0.2) is 36.4 Å². The van der Waals surface area contributed by atoms with Crippen LogP contribution >= 0.6 is 0 Å². The van der Waals surface area contributed by atoms with Gasteiger partial charge in [0, 0.05) is 17.8 Å². The number of anilines is 1. The Balaban J connectivity index is 2.59. The van der Waals surface area contributed by atoms with E-state index in [1.165, 1.54) is 0 Å². The molecular formula is C14H15NO4S. The van der Waals surface area contributed by atoms with E-state index in [0.29, 0.717) is 11.7 Å². The zero-order valence-electron chi connectivity index (χ0n) is 10.9. The molecule has 0 aliphatic heterocycles. The maximum absolute atomic E-state index is 11.4. The fourth-order valence-electron chi connectivity index (χ4n) is 2.15. The molecule has 2 rings (SSSR count). The fraction of sp³-hybridized carbons (Fsp3) is 0.214. The first-order valence-corrected chi connectivity index (χ1v) is 7.27. The molecule has 0 aliphatic rings. The summed E-state index contributed by atoms with van der Waals surface area (Å²) in [5.41, 5.74) is 0.189. The minimum absolute atomic E-state index is 0.0651. The second kappa shape index (κ2) is 5.92. The summed E-state index contributed by atoms with van der Waals surface area (Å²) >= 11 is 0. The molecule has 6 heteroatoms. The lowest BCUT2D eigenvalue weighted by Crippen LogP contribution is -2.31. The number of hydrogen-bond donors (Lipinski definition) is 2. The Morgan fingerprint density at radius 1 is 1.25 bits per heavy atom. The topological polar surface area (TPSA) is 74.7 Å². The van der Waals surface area contributed by atoms with Crippen LogP contribution in [0.4, 0.5) is 5.69 Å². The van der Waals surface area contributed by atoms with E-state index in [9.17, 15) is 18.3 Å². The van der Waals surface area contributed by atoms with E-state index < -0.39 is 16.9 Å². The molecule has 2 aromatic rings.